The zero-order valence-corrected chi connectivity index (χ0v) is 16.7. The number of aromatic nitrogens is 4. The van der Waals surface area contributed by atoms with E-state index in [4.69, 9.17) is 11.6 Å². The van der Waals surface area contributed by atoms with Crippen LogP contribution in [0.5, 0.6) is 0 Å². The number of hydrogen-bond acceptors (Lipinski definition) is 3. The summed E-state index contributed by atoms with van der Waals surface area (Å²) in [6.45, 7) is 2.93. The van der Waals surface area contributed by atoms with Gasteiger partial charge in [0.1, 0.15) is 5.15 Å². The molecule has 0 radical (unpaired) electrons. The molecule has 1 N–H and O–H groups in total. The first kappa shape index (κ1) is 19.0. The van der Waals surface area contributed by atoms with Gasteiger partial charge in [0.05, 0.1) is 24.3 Å². The summed E-state index contributed by atoms with van der Waals surface area (Å²) in [4.78, 5) is 12.9. The second-order valence-electron chi connectivity index (χ2n) is 6.75. The van der Waals surface area contributed by atoms with Crippen molar-refractivity contribution >= 4 is 23.2 Å². The Balaban J connectivity index is 1.51. The van der Waals surface area contributed by atoms with Crippen LogP contribution >= 0.6 is 11.6 Å². The minimum absolute atomic E-state index is 0.275. The van der Waals surface area contributed by atoms with Gasteiger partial charge < -0.3 is 5.32 Å². The zero-order valence-electron chi connectivity index (χ0n) is 15.9. The summed E-state index contributed by atoms with van der Waals surface area (Å²) in [7, 11) is 0. The number of nitrogens with one attached hydrogen (secondary N) is 1. The lowest BCUT2D eigenvalue weighted by molar-refractivity contribution is 0.102. The van der Waals surface area contributed by atoms with Gasteiger partial charge in [-0.25, -0.2) is 4.68 Å². The van der Waals surface area contributed by atoms with Gasteiger partial charge in [0, 0.05) is 18.1 Å². The van der Waals surface area contributed by atoms with Crippen molar-refractivity contribution in [2.24, 2.45) is 0 Å². The normalized spacial score (nSPS) is 10.8. The first-order valence-corrected chi connectivity index (χ1v) is 9.62. The van der Waals surface area contributed by atoms with Gasteiger partial charge in [-0.3, -0.25) is 9.48 Å². The van der Waals surface area contributed by atoms with Crippen LogP contribution in [0.2, 0.25) is 5.15 Å². The molecule has 29 heavy (non-hydrogen) atoms. The predicted molar refractivity (Wildman–Crippen MR) is 113 cm³/mol. The van der Waals surface area contributed by atoms with Gasteiger partial charge in [-0.1, -0.05) is 54.1 Å². The number of nitrogens with zero attached hydrogens (tertiary/aromatic N) is 4. The second-order valence-corrected chi connectivity index (χ2v) is 7.11. The molecule has 0 fully saturated rings. The number of halogens is 1. The molecule has 2 aromatic heterocycles. The van der Waals surface area contributed by atoms with Gasteiger partial charge in [0.2, 0.25) is 0 Å². The molecule has 4 aromatic rings. The van der Waals surface area contributed by atoms with Crippen molar-refractivity contribution in [3.05, 3.63) is 101 Å². The third-order valence-electron chi connectivity index (χ3n) is 4.56. The van der Waals surface area contributed by atoms with Crippen LogP contribution in [-0.2, 0) is 13.1 Å². The molecule has 6 nitrogen and oxygen atoms in total. The van der Waals surface area contributed by atoms with Crippen LogP contribution in [0.3, 0.4) is 0 Å². The van der Waals surface area contributed by atoms with Crippen LogP contribution in [0.25, 0.3) is 0 Å². The smallest absolute Gasteiger partial charge is 0.260 e. The SMILES string of the molecule is Cc1nn(Cc2ccccc2)c(Cl)c1C(=O)Nc1cccc(Cn2cccn2)c1. The Morgan fingerprint density at radius 2 is 1.83 bits per heavy atom. The maximum absolute atomic E-state index is 12.9. The highest BCUT2D eigenvalue weighted by Crippen LogP contribution is 2.23. The lowest BCUT2D eigenvalue weighted by atomic mass is 10.2. The van der Waals surface area contributed by atoms with Gasteiger partial charge >= 0.3 is 0 Å². The Bertz CT molecular complexity index is 1120. The lowest BCUT2D eigenvalue weighted by Gasteiger charge is -2.08. The van der Waals surface area contributed by atoms with Gasteiger partial charge in [-0.15, -0.1) is 0 Å². The molecule has 0 aliphatic rings. The van der Waals surface area contributed by atoms with Crippen molar-refractivity contribution in [3.63, 3.8) is 0 Å². The van der Waals surface area contributed by atoms with E-state index in [-0.39, 0.29) is 5.91 Å². The fraction of sp³-hybridized carbons (Fsp3) is 0.136. The van der Waals surface area contributed by atoms with Crippen LogP contribution in [0, 0.1) is 6.92 Å². The molecular formula is C22H20ClN5O. The van der Waals surface area contributed by atoms with Crippen molar-refractivity contribution < 1.29 is 4.79 Å². The predicted octanol–water partition coefficient (Wildman–Crippen LogP) is 4.39. The Kier molecular flexibility index (Phi) is 5.44. The summed E-state index contributed by atoms with van der Waals surface area (Å²) in [6, 6.07) is 19.4. The standard InChI is InChI=1S/C22H20ClN5O/c1-16-20(21(23)28(26-16)15-17-7-3-2-4-8-17)22(29)25-19-10-5-9-18(13-19)14-27-12-6-11-24-27/h2-13H,14-15H2,1H3,(H,25,29). The van der Waals surface area contributed by atoms with Crippen LogP contribution in [0.1, 0.15) is 27.2 Å². The summed E-state index contributed by atoms with van der Waals surface area (Å²) in [5.41, 5.74) is 3.78. The summed E-state index contributed by atoms with van der Waals surface area (Å²) < 4.78 is 3.48. The Morgan fingerprint density at radius 3 is 2.59 bits per heavy atom. The minimum Gasteiger partial charge on any atom is -0.322 e. The average molecular weight is 406 g/mol. The Labute approximate surface area is 173 Å². The number of rotatable bonds is 6. The molecule has 1 amide bonds. The molecule has 0 unspecified atom stereocenters. The van der Waals surface area contributed by atoms with Gasteiger partial charge in [0.15, 0.2) is 0 Å². The largest absolute Gasteiger partial charge is 0.322 e. The molecule has 0 bridgehead atoms. The van der Waals surface area contributed by atoms with Crippen molar-refractivity contribution in [2.75, 3.05) is 5.32 Å². The van der Waals surface area contributed by atoms with Crippen molar-refractivity contribution in [2.45, 2.75) is 20.0 Å². The minimum atomic E-state index is -0.275. The molecule has 0 atom stereocenters. The van der Waals surface area contributed by atoms with E-state index in [1.165, 1.54) is 0 Å². The Morgan fingerprint density at radius 1 is 1.03 bits per heavy atom. The monoisotopic (exact) mass is 405 g/mol. The summed E-state index contributed by atoms with van der Waals surface area (Å²) in [5, 5.41) is 11.9. The fourth-order valence-electron chi connectivity index (χ4n) is 3.19. The van der Waals surface area contributed by atoms with Gasteiger partial charge in [-0.05, 0) is 36.2 Å². The van der Waals surface area contributed by atoms with E-state index in [0.29, 0.717) is 35.2 Å². The molecule has 0 aliphatic carbocycles. The van der Waals surface area contributed by atoms with Gasteiger partial charge in [0.25, 0.3) is 5.91 Å². The van der Waals surface area contributed by atoms with Crippen molar-refractivity contribution in [1.29, 1.82) is 0 Å². The number of aryl methyl sites for hydroxylation is 1. The molecule has 0 aliphatic heterocycles. The fourth-order valence-corrected chi connectivity index (χ4v) is 3.51. The van der Waals surface area contributed by atoms with Crippen molar-refractivity contribution in [3.8, 4) is 0 Å². The van der Waals surface area contributed by atoms with Crippen LogP contribution in [0.15, 0.2) is 73.1 Å². The van der Waals surface area contributed by atoms with Crippen LogP contribution in [-0.4, -0.2) is 25.5 Å². The molecule has 0 saturated heterocycles. The third-order valence-corrected chi connectivity index (χ3v) is 4.94. The highest BCUT2D eigenvalue weighted by molar-refractivity contribution is 6.33. The van der Waals surface area contributed by atoms with Crippen LogP contribution in [0.4, 0.5) is 5.69 Å². The highest BCUT2D eigenvalue weighted by atomic mass is 35.5. The number of carbonyl (C=O) groups is 1. The van der Waals surface area contributed by atoms with E-state index in [2.05, 4.69) is 15.5 Å². The van der Waals surface area contributed by atoms with E-state index < -0.39 is 0 Å². The Hall–Kier alpha value is -3.38. The number of anilines is 1. The summed E-state index contributed by atoms with van der Waals surface area (Å²) in [5.74, 6) is -0.275. The number of benzene rings is 2. The maximum atomic E-state index is 12.9. The average Bonchev–Trinajstić information content (AvgIpc) is 3.31. The molecule has 2 aromatic carbocycles. The first-order valence-electron chi connectivity index (χ1n) is 9.24. The molecule has 4 rings (SSSR count). The second kappa shape index (κ2) is 8.32. The zero-order chi connectivity index (χ0) is 20.2. The van der Waals surface area contributed by atoms with Crippen LogP contribution < -0.4 is 5.32 Å². The highest BCUT2D eigenvalue weighted by Gasteiger charge is 2.20. The van der Waals surface area contributed by atoms with E-state index in [9.17, 15) is 4.79 Å². The maximum Gasteiger partial charge on any atom is 0.260 e. The van der Waals surface area contributed by atoms with E-state index in [1.807, 2.05) is 71.5 Å². The van der Waals surface area contributed by atoms with E-state index in [0.717, 1.165) is 11.1 Å². The van der Waals surface area contributed by atoms with Crippen molar-refractivity contribution in [1.82, 2.24) is 19.6 Å². The molecule has 146 valence electrons. The molecule has 7 heteroatoms. The molecule has 0 saturated carbocycles. The topological polar surface area (TPSA) is 64.7 Å². The lowest BCUT2D eigenvalue weighted by Crippen LogP contribution is -2.13. The number of hydrogen-bond donors (Lipinski definition) is 1. The van der Waals surface area contributed by atoms with Gasteiger partial charge in [-0.2, -0.15) is 10.2 Å². The quantitative estimate of drug-likeness (QED) is 0.517. The third kappa shape index (κ3) is 4.38. The summed E-state index contributed by atoms with van der Waals surface area (Å²) >= 11 is 6.49. The molecule has 0 spiro atoms. The first-order chi connectivity index (χ1) is 14.1. The molecule has 2 heterocycles. The summed E-state index contributed by atoms with van der Waals surface area (Å²) in [6.07, 6.45) is 3.64. The number of amides is 1. The van der Waals surface area contributed by atoms with E-state index >= 15 is 0 Å². The van der Waals surface area contributed by atoms with E-state index in [1.54, 1.807) is 17.8 Å². The molecular weight excluding hydrogens is 386 g/mol. The number of carbonyl (C=O) groups excluding carboxylic acids is 1.